The number of nitrogens with one attached hydrogen (secondary N) is 2. The molecule has 8 nitrogen and oxygen atoms in total. The zero-order chi connectivity index (χ0) is 30.1. The van der Waals surface area contributed by atoms with E-state index in [0.717, 1.165) is 13.2 Å². The standard InChI is InChI=1S/C30H24F3N3O5/c1-15-22(13-19(14-34)27(37)36-15)18-9-11-20(12-10-18)41-29(39)25-17(3)35-16(2)24(28(38)40-4)26(25)21-7-5-6-8-23(21)30(31,32)33/h5-13,26,35H,1-4H3,(H,36,37). The van der Waals surface area contributed by atoms with Gasteiger partial charge in [-0.15, -0.1) is 0 Å². The summed E-state index contributed by atoms with van der Waals surface area (Å²) in [7, 11) is 1.10. The first-order valence-electron chi connectivity index (χ1n) is 12.3. The number of aromatic amines is 1. The number of methoxy groups -OCH3 is 1. The average Bonchev–Trinajstić information content (AvgIpc) is 2.92. The monoisotopic (exact) mass is 563 g/mol. The third kappa shape index (κ3) is 5.63. The van der Waals surface area contributed by atoms with E-state index in [0.29, 0.717) is 16.8 Å². The molecule has 1 atom stereocenters. The van der Waals surface area contributed by atoms with Crippen LogP contribution in [0.25, 0.3) is 11.1 Å². The number of pyridine rings is 1. The molecule has 0 fully saturated rings. The number of nitriles is 1. The van der Waals surface area contributed by atoms with Gasteiger partial charge in [0.1, 0.15) is 17.4 Å². The first-order chi connectivity index (χ1) is 19.4. The van der Waals surface area contributed by atoms with E-state index < -0.39 is 35.2 Å². The van der Waals surface area contributed by atoms with Crippen LogP contribution in [0.3, 0.4) is 0 Å². The normalized spacial score (nSPS) is 15.2. The summed E-state index contributed by atoms with van der Waals surface area (Å²) in [5, 5.41) is 12.1. The number of halogens is 3. The number of allylic oxidation sites excluding steroid dienone is 2. The van der Waals surface area contributed by atoms with Crippen molar-refractivity contribution in [1.29, 1.82) is 5.26 Å². The van der Waals surface area contributed by atoms with Crippen LogP contribution >= 0.6 is 0 Å². The lowest BCUT2D eigenvalue weighted by atomic mass is 9.78. The second kappa shape index (κ2) is 11.2. The summed E-state index contributed by atoms with van der Waals surface area (Å²) in [6, 6.07) is 14.1. The van der Waals surface area contributed by atoms with Crippen molar-refractivity contribution < 1.29 is 32.2 Å². The number of ether oxygens (including phenoxy) is 2. The lowest BCUT2D eigenvalue weighted by molar-refractivity contribution is -0.140. The number of aryl methyl sites for hydroxylation is 1. The van der Waals surface area contributed by atoms with Crippen LogP contribution in [0.1, 0.15) is 42.1 Å². The lowest BCUT2D eigenvalue weighted by Crippen LogP contribution is -2.34. The average molecular weight is 564 g/mol. The fourth-order valence-corrected chi connectivity index (χ4v) is 4.83. The number of carbonyl (C=O) groups is 2. The summed E-state index contributed by atoms with van der Waals surface area (Å²) in [5.41, 5.74) is -0.0420. The van der Waals surface area contributed by atoms with E-state index in [1.54, 1.807) is 19.1 Å². The van der Waals surface area contributed by atoms with Gasteiger partial charge < -0.3 is 19.8 Å². The molecule has 3 aromatic rings. The Bertz CT molecular complexity index is 1710. The van der Waals surface area contributed by atoms with Gasteiger partial charge in [0.15, 0.2) is 0 Å². The Morgan fingerprint density at radius 3 is 2.15 bits per heavy atom. The van der Waals surface area contributed by atoms with E-state index in [4.69, 9.17) is 9.47 Å². The van der Waals surface area contributed by atoms with Gasteiger partial charge in [0.25, 0.3) is 5.56 Å². The number of hydrogen-bond acceptors (Lipinski definition) is 7. The molecule has 210 valence electrons. The van der Waals surface area contributed by atoms with Crippen molar-refractivity contribution in [3.63, 3.8) is 0 Å². The highest BCUT2D eigenvalue weighted by atomic mass is 19.4. The van der Waals surface area contributed by atoms with Gasteiger partial charge in [0.2, 0.25) is 0 Å². The summed E-state index contributed by atoms with van der Waals surface area (Å²) < 4.78 is 52.6. The number of esters is 2. The number of rotatable bonds is 5. The highest BCUT2D eigenvalue weighted by Crippen LogP contribution is 2.44. The SMILES string of the molecule is COC(=O)C1=C(C)NC(C)=C(C(=O)Oc2ccc(-c3cc(C#N)c(=O)[nH]c3C)cc2)C1c1ccccc1C(F)(F)F. The van der Waals surface area contributed by atoms with Crippen molar-refractivity contribution >= 4 is 11.9 Å². The quantitative estimate of drug-likeness (QED) is 0.321. The molecule has 1 aromatic heterocycles. The second-order valence-corrected chi connectivity index (χ2v) is 9.29. The lowest BCUT2D eigenvalue weighted by Gasteiger charge is -2.31. The van der Waals surface area contributed by atoms with Crippen LogP contribution in [0.4, 0.5) is 13.2 Å². The summed E-state index contributed by atoms with van der Waals surface area (Å²) in [5.74, 6) is -3.21. The number of nitrogens with zero attached hydrogens (tertiary/aromatic N) is 1. The van der Waals surface area contributed by atoms with Gasteiger partial charge in [-0.1, -0.05) is 30.3 Å². The Kier molecular flexibility index (Phi) is 7.87. The molecule has 0 saturated carbocycles. The third-order valence-corrected chi connectivity index (χ3v) is 6.70. The van der Waals surface area contributed by atoms with Gasteiger partial charge in [-0.05, 0) is 56.2 Å². The van der Waals surface area contributed by atoms with Gasteiger partial charge in [-0.2, -0.15) is 18.4 Å². The van der Waals surface area contributed by atoms with Crippen molar-refractivity contribution in [2.75, 3.05) is 7.11 Å². The molecule has 11 heteroatoms. The summed E-state index contributed by atoms with van der Waals surface area (Å²) in [6.07, 6.45) is -4.76. The smallest absolute Gasteiger partial charge is 0.416 e. The number of dihydropyridines is 1. The van der Waals surface area contributed by atoms with E-state index in [-0.39, 0.29) is 39.4 Å². The molecular weight excluding hydrogens is 539 g/mol. The molecule has 4 rings (SSSR count). The molecule has 2 N–H and O–H groups in total. The predicted molar refractivity (Wildman–Crippen MR) is 142 cm³/mol. The molecule has 1 unspecified atom stereocenters. The number of carbonyl (C=O) groups excluding carboxylic acids is 2. The molecule has 2 heterocycles. The maximum Gasteiger partial charge on any atom is 0.416 e. The summed E-state index contributed by atoms with van der Waals surface area (Å²) in [6.45, 7) is 4.69. The Morgan fingerprint density at radius 2 is 1.56 bits per heavy atom. The first kappa shape index (κ1) is 28.9. The minimum absolute atomic E-state index is 0.0664. The number of H-pyrrole nitrogens is 1. The number of benzene rings is 2. The van der Waals surface area contributed by atoms with Crippen LogP contribution in [0.15, 0.2) is 81.9 Å². The summed E-state index contributed by atoms with van der Waals surface area (Å²) >= 11 is 0. The Balaban J connectivity index is 1.75. The topological polar surface area (TPSA) is 121 Å². The maximum atomic E-state index is 14.0. The molecule has 0 saturated heterocycles. The zero-order valence-electron chi connectivity index (χ0n) is 22.4. The fraction of sp³-hybridized carbons (Fsp3) is 0.200. The molecule has 1 aliphatic rings. The van der Waals surface area contributed by atoms with Gasteiger partial charge >= 0.3 is 18.1 Å². The zero-order valence-corrected chi connectivity index (χ0v) is 22.4. The fourth-order valence-electron chi connectivity index (χ4n) is 4.83. The van der Waals surface area contributed by atoms with Crippen LogP contribution in [0, 0.1) is 18.3 Å². The molecule has 0 radical (unpaired) electrons. The molecule has 0 aliphatic carbocycles. The van der Waals surface area contributed by atoms with E-state index in [2.05, 4.69) is 10.3 Å². The second-order valence-electron chi connectivity index (χ2n) is 9.29. The van der Waals surface area contributed by atoms with Crippen molar-refractivity contribution in [3.05, 3.63) is 110 Å². The molecule has 0 bridgehead atoms. The van der Waals surface area contributed by atoms with E-state index >= 15 is 0 Å². The van der Waals surface area contributed by atoms with E-state index in [1.165, 1.54) is 50.2 Å². The number of aromatic nitrogens is 1. The molecule has 41 heavy (non-hydrogen) atoms. The van der Waals surface area contributed by atoms with Crippen LogP contribution in [0.5, 0.6) is 5.75 Å². The van der Waals surface area contributed by atoms with Crippen LogP contribution in [-0.2, 0) is 20.5 Å². The number of hydrogen-bond donors (Lipinski definition) is 2. The van der Waals surface area contributed by atoms with E-state index in [1.807, 2.05) is 6.07 Å². The van der Waals surface area contributed by atoms with Gasteiger partial charge in [0.05, 0.1) is 29.7 Å². The van der Waals surface area contributed by atoms with Crippen molar-refractivity contribution in [2.24, 2.45) is 0 Å². The molecule has 0 spiro atoms. The maximum absolute atomic E-state index is 14.0. The molecule has 2 aromatic carbocycles. The predicted octanol–water partition coefficient (Wildman–Crippen LogP) is 5.25. The molecular formula is C30H24F3N3O5. The molecule has 0 amide bonds. The van der Waals surface area contributed by atoms with E-state index in [9.17, 15) is 32.8 Å². The Morgan fingerprint density at radius 1 is 0.951 bits per heavy atom. The van der Waals surface area contributed by atoms with Crippen LogP contribution in [0.2, 0.25) is 0 Å². The first-order valence-corrected chi connectivity index (χ1v) is 12.3. The highest BCUT2D eigenvalue weighted by Gasteiger charge is 2.43. The van der Waals surface area contributed by atoms with Crippen molar-refractivity contribution in [2.45, 2.75) is 32.9 Å². The van der Waals surface area contributed by atoms with Gasteiger partial charge in [-0.3, -0.25) is 4.79 Å². The molecule has 1 aliphatic heterocycles. The van der Waals surface area contributed by atoms with Crippen molar-refractivity contribution in [1.82, 2.24) is 10.3 Å². The highest BCUT2D eigenvalue weighted by molar-refractivity contribution is 6.00. The number of alkyl halides is 3. The Hall–Kier alpha value is -5.11. The Labute approximate surface area is 232 Å². The van der Waals surface area contributed by atoms with Gasteiger partial charge in [0, 0.05) is 22.7 Å². The third-order valence-electron chi connectivity index (χ3n) is 6.70. The summed E-state index contributed by atoms with van der Waals surface area (Å²) in [4.78, 5) is 40.9. The largest absolute Gasteiger partial charge is 0.466 e. The van der Waals surface area contributed by atoms with Gasteiger partial charge in [-0.25, -0.2) is 9.59 Å². The van der Waals surface area contributed by atoms with Crippen molar-refractivity contribution in [3.8, 4) is 22.9 Å². The van der Waals surface area contributed by atoms with Crippen LogP contribution in [-0.4, -0.2) is 24.0 Å². The minimum Gasteiger partial charge on any atom is -0.466 e. The van der Waals surface area contributed by atoms with Crippen LogP contribution < -0.4 is 15.6 Å². The minimum atomic E-state index is -4.76.